The summed E-state index contributed by atoms with van der Waals surface area (Å²) in [6.45, 7) is 8.53. The lowest BCUT2D eigenvalue weighted by molar-refractivity contribution is -0.0681. The molecule has 3 nitrogen and oxygen atoms in total. The molecule has 0 saturated carbocycles. The van der Waals surface area contributed by atoms with Crippen LogP contribution in [0, 0.1) is 0 Å². The molecule has 84 valence electrons. The lowest BCUT2D eigenvalue weighted by Gasteiger charge is -2.35. The number of unbranched alkanes of at least 4 members (excludes halogenated alkanes) is 2. The summed E-state index contributed by atoms with van der Waals surface area (Å²) in [6.07, 6.45) is 4.49. The minimum absolute atomic E-state index is 0.397. The van der Waals surface area contributed by atoms with E-state index in [9.17, 15) is 0 Å². The van der Waals surface area contributed by atoms with Gasteiger partial charge in [0.2, 0.25) is 0 Å². The zero-order valence-corrected chi connectivity index (χ0v) is 9.54. The van der Waals surface area contributed by atoms with E-state index >= 15 is 0 Å². The molecule has 0 radical (unpaired) electrons. The van der Waals surface area contributed by atoms with Gasteiger partial charge in [-0.1, -0.05) is 6.42 Å². The van der Waals surface area contributed by atoms with Gasteiger partial charge in [-0.15, -0.1) is 0 Å². The van der Waals surface area contributed by atoms with Crippen molar-refractivity contribution >= 4 is 0 Å². The Labute approximate surface area is 87.6 Å². The quantitative estimate of drug-likeness (QED) is 0.678. The number of nitrogens with two attached hydrogens (primary N) is 1. The average Bonchev–Trinajstić information content (AvgIpc) is 2.11. The highest BCUT2D eigenvalue weighted by Gasteiger charge is 2.21. The molecular weight excluding hydrogens is 176 g/mol. The Kier molecular flexibility index (Phi) is 5.45. The zero-order chi connectivity index (χ0) is 10.4. The van der Waals surface area contributed by atoms with E-state index < -0.39 is 0 Å². The number of hydrogen-bond acceptors (Lipinski definition) is 3. The maximum Gasteiger partial charge on any atom is 0.0678 e. The van der Waals surface area contributed by atoms with E-state index in [0.717, 1.165) is 26.1 Å². The van der Waals surface area contributed by atoms with Crippen LogP contribution in [0.3, 0.4) is 0 Å². The largest absolute Gasteiger partial charge is 0.373 e. The fourth-order valence-electron chi connectivity index (χ4n) is 2.12. The van der Waals surface area contributed by atoms with Crippen LogP contribution in [0.1, 0.15) is 33.1 Å². The maximum absolute atomic E-state index is 5.68. The predicted octanol–water partition coefficient (Wildman–Crippen LogP) is 1.22. The van der Waals surface area contributed by atoms with Gasteiger partial charge in [-0.25, -0.2) is 0 Å². The molecule has 1 saturated heterocycles. The SMILES string of the molecule is C[C@@H]1CN(CCCCCN)C[C@H](C)O1. The number of ether oxygens (including phenoxy) is 1. The van der Waals surface area contributed by atoms with Crippen LogP contribution in [0.4, 0.5) is 0 Å². The third-order valence-electron chi connectivity index (χ3n) is 2.67. The van der Waals surface area contributed by atoms with Crippen molar-refractivity contribution in [3.63, 3.8) is 0 Å². The highest BCUT2D eigenvalue weighted by atomic mass is 16.5. The molecule has 0 aliphatic carbocycles. The van der Waals surface area contributed by atoms with Crippen molar-refractivity contribution in [1.82, 2.24) is 4.90 Å². The molecule has 1 heterocycles. The molecule has 0 unspecified atom stereocenters. The normalized spacial score (nSPS) is 29.4. The van der Waals surface area contributed by atoms with Gasteiger partial charge in [0.05, 0.1) is 12.2 Å². The molecule has 2 N–H and O–H groups in total. The van der Waals surface area contributed by atoms with Gasteiger partial charge < -0.3 is 10.5 Å². The Morgan fingerprint density at radius 2 is 1.79 bits per heavy atom. The topological polar surface area (TPSA) is 38.5 Å². The lowest BCUT2D eigenvalue weighted by atomic mass is 10.2. The van der Waals surface area contributed by atoms with E-state index in [2.05, 4.69) is 18.7 Å². The summed E-state index contributed by atoms with van der Waals surface area (Å²) < 4.78 is 5.68. The Morgan fingerprint density at radius 3 is 2.36 bits per heavy atom. The molecule has 0 amide bonds. The number of hydrogen-bond donors (Lipinski definition) is 1. The first-order chi connectivity index (χ1) is 6.72. The monoisotopic (exact) mass is 200 g/mol. The molecule has 0 bridgehead atoms. The van der Waals surface area contributed by atoms with Gasteiger partial charge in [0.1, 0.15) is 0 Å². The van der Waals surface area contributed by atoms with Crippen LogP contribution in [0.25, 0.3) is 0 Å². The van der Waals surface area contributed by atoms with Gasteiger partial charge >= 0.3 is 0 Å². The smallest absolute Gasteiger partial charge is 0.0678 e. The summed E-state index contributed by atoms with van der Waals surface area (Å²) in [4.78, 5) is 2.51. The molecule has 1 aliphatic rings. The number of morpholine rings is 1. The second kappa shape index (κ2) is 6.38. The number of nitrogens with zero attached hydrogens (tertiary/aromatic N) is 1. The summed E-state index contributed by atoms with van der Waals surface area (Å²) in [5, 5.41) is 0. The molecular formula is C11H24N2O. The van der Waals surface area contributed by atoms with Gasteiger partial charge in [-0.05, 0) is 39.8 Å². The highest BCUT2D eigenvalue weighted by molar-refractivity contribution is 4.72. The molecule has 1 aliphatic heterocycles. The van der Waals surface area contributed by atoms with Crippen molar-refractivity contribution in [2.75, 3.05) is 26.2 Å². The predicted molar refractivity (Wildman–Crippen MR) is 59.4 cm³/mol. The molecule has 2 atom stereocenters. The van der Waals surface area contributed by atoms with Crippen molar-refractivity contribution in [1.29, 1.82) is 0 Å². The Bertz CT molecular complexity index is 142. The first-order valence-electron chi connectivity index (χ1n) is 5.80. The molecule has 1 fully saturated rings. The van der Waals surface area contributed by atoms with Crippen LogP contribution >= 0.6 is 0 Å². The fraction of sp³-hybridized carbons (Fsp3) is 1.00. The van der Waals surface area contributed by atoms with Crippen molar-refractivity contribution in [3.05, 3.63) is 0 Å². The van der Waals surface area contributed by atoms with E-state index in [1.807, 2.05) is 0 Å². The first kappa shape index (κ1) is 12.0. The molecule has 0 aromatic rings. The van der Waals surface area contributed by atoms with Crippen molar-refractivity contribution < 1.29 is 4.74 Å². The zero-order valence-electron chi connectivity index (χ0n) is 9.54. The summed E-state index contributed by atoms with van der Waals surface area (Å²) in [7, 11) is 0. The molecule has 0 aromatic heterocycles. The van der Waals surface area contributed by atoms with Crippen LogP contribution in [0.15, 0.2) is 0 Å². The first-order valence-corrected chi connectivity index (χ1v) is 5.80. The Hall–Kier alpha value is -0.120. The van der Waals surface area contributed by atoms with Gasteiger partial charge in [0.25, 0.3) is 0 Å². The van der Waals surface area contributed by atoms with Crippen LogP contribution in [-0.4, -0.2) is 43.3 Å². The van der Waals surface area contributed by atoms with Gasteiger partial charge in [-0.2, -0.15) is 0 Å². The molecule has 14 heavy (non-hydrogen) atoms. The standard InChI is InChI=1S/C11H24N2O/c1-10-8-13(9-11(2)14-10)7-5-3-4-6-12/h10-11H,3-9,12H2,1-2H3/t10-,11+. The second-order valence-electron chi connectivity index (χ2n) is 4.37. The van der Waals surface area contributed by atoms with E-state index in [-0.39, 0.29) is 0 Å². The minimum atomic E-state index is 0.397. The second-order valence-corrected chi connectivity index (χ2v) is 4.37. The van der Waals surface area contributed by atoms with Gasteiger partial charge in [0, 0.05) is 13.1 Å². The third-order valence-corrected chi connectivity index (χ3v) is 2.67. The molecule has 0 spiro atoms. The van der Waals surface area contributed by atoms with Crippen molar-refractivity contribution in [2.45, 2.75) is 45.3 Å². The van der Waals surface area contributed by atoms with Crippen molar-refractivity contribution in [2.24, 2.45) is 5.73 Å². The van der Waals surface area contributed by atoms with Crippen LogP contribution in [0.5, 0.6) is 0 Å². The maximum atomic E-state index is 5.68. The summed E-state index contributed by atoms with van der Waals surface area (Å²) in [5.74, 6) is 0. The lowest BCUT2D eigenvalue weighted by Crippen LogP contribution is -2.45. The van der Waals surface area contributed by atoms with Crippen LogP contribution < -0.4 is 5.73 Å². The minimum Gasteiger partial charge on any atom is -0.373 e. The average molecular weight is 200 g/mol. The summed E-state index contributed by atoms with van der Waals surface area (Å²) in [5.41, 5.74) is 5.46. The Balaban J connectivity index is 2.10. The van der Waals surface area contributed by atoms with E-state index in [0.29, 0.717) is 12.2 Å². The van der Waals surface area contributed by atoms with Crippen LogP contribution in [0.2, 0.25) is 0 Å². The Morgan fingerprint density at radius 1 is 1.14 bits per heavy atom. The van der Waals surface area contributed by atoms with Gasteiger partial charge in [-0.3, -0.25) is 4.90 Å². The fourth-order valence-corrected chi connectivity index (χ4v) is 2.12. The highest BCUT2D eigenvalue weighted by Crippen LogP contribution is 2.11. The molecule has 1 rings (SSSR count). The van der Waals surface area contributed by atoms with Gasteiger partial charge in [0.15, 0.2) is 0 Å². The summed E-state index contributed by atoms with van der Waals surface area (Å²) in [6, 6.07) is 0. The van der Waals surface area contributed by atoms with E-state index in [1.165, 1.54) is 19.4 Å². The molecule has 0 aromatic carbocycles. The van der Waals surface area contributed by atoms with E-state index in [1.54, 1.807) is 0 Å². The summed E-state index contributed by atoms with van der Waals surface area (Å²) >= 11 is 0. The number of rotatable bonds is 5. The molecule has 3 heteroatoms. The van der Waals surface area contributed by atoms with E-state index in [4.69, 9.17) is 10.5 Å². The van der Waals surface area contributed by atoms with Crippen molar-refractivity contribution in [3.8, 4) is 0 Å². The third kappa shape index (κ3) is 4.40. The van der Waals surface area contributed by atoms with Crippen LogP contribution in [-0.2, 0) is 4.74 Å².